The predicted molar refractivity (Wildman–Crippen MR) is 130 cm³/mol. The van der Waals surface area contributed by atoms with Crippen LogP contribution in [0, 0.1) is 5.92 Å². The molecule has 2 heterocycles. The van der Waals surface area contributed by atoms with E-state index in [1.165, 1.54) is 12.1 Å². The van der Waals surface area contributed by atoms with E-state index >= 15 is 0 Å². The first-order chi connectivity index (χ1) is 16.7. The zero-order chi connectivity index (χ0) is 25.2. The fourth-order valence-corrected chi connectivity index (χ4v) is 4.85. The molecule has 4 atom stereocenters. The Kier molecular flexibility index (Phi) is 7.17. The Morgan fingerprint density at radius 1 is 1.20 bits per heavy atom. The molecule has 1 amide bonds. The van der Waals surface area contributed by atoms with Crippen molar-refractivity contribution in [2.24, 2.45) is 5.92 Å². The number of ether oxygens (including phenoxy) is 3. The number of carbonyl (C=O) groups is 1. The molecule has 1 N–H and O–H groups in total. The van der Waals surface area contributed by atoms with Crippen LogP contribution in [0.5, 0.6) is 11.5 Å². The minimum Gasteiger partial charge on any atom is -0.395 e. The third kappa shape index (κ3) is 5.35. The summed E-state index contributed by atoms with van der Waals surface area (Å²) in [6, 6.07) is 4.54. The molecule has 35 heavy (non-hydrogen) atoms. The van der Waals surface area contributed by atoms with Gasteiger partial charge in [-0.15, -0.1) is 8.78 Å². The number of rotatable bonds is 9. The molecule has 7 heteroatoms. The molecule has 2 aliphatic heterocycles. The van der Waals surface area contributed by atoms with Crippen molar-refractivity contribution in [2.75, 3.05) is 0 Å². The van der Waals surface area contributed by atoms with Crippen molar-refractivity contribution in [3.63, 3.8) is 0 Å². The molecule has 0 radical (unpaired) electrons. The SMILES string of the molecule is C=C/C=C\C(=C/C=C)[C@@H]1C[C@@H](NC(=O)C2(c3ccc4c(c3)OC(F)(F)O4)CC2)CC(C(C)CC)O1. The Labute approximate surface area is 205 Å². The van der Waals surface area contributed by atoms with Gasteiger partial charge in [-0.1, -0.05) is 69.9 Å². The molecule has 1 aromatic carbocycles. The van der Waals surface area contributed by atoms with Crippen molar-refractivity contribution in [1.82, 2.24) is 5.32 Å². The van der Waals surface area contributed by atoms with E-state index in [1.54, 1.807) is 18.2 Å². The number of benzene rings is 1. The minimum absolute atomic E-state index is 0.00248. The maximum atomic E-state index is 13.5. The minimum atomic E-state index is -3.68. The second kappa shape index (κ2) is 9.97. The summed E-state index contributed by atoms with van der Waals surface area (Å²) in [7, 11) is 0. The largest absolute Gasteiger partial charge is 0.586 e. The van der Waals surface area contributed by atoms with Crippen LogP contribution < -0.4 is 14.8 Å². The number of halogens is 2. The standard InChI is InChI=1S/C28H33F2NO4/c1-5-8-10-19(9-6-2)24-17-21(16-23(33-24)18(4)7-3)31-26(32)27(13-14-27)20-11-12-22-25(15-20)35-28(29,30)34-22/h5-6,8-12,15,18,21,23-24H,1-2,7,13-14,16-17H2,3-4H3,(H,31,32)/b10-8-,19-9+/t18?,21-,23?,24-/m0/s1. The van der Waals surface area contributed by atoms with Crippen molar-refractivity contribution >= 4 is 5.91 Å². The molecule has 1 saturated heterocycles. The van der Waals surface area contributed by atoms with Crippen LogP contribution in [-0.2, 0) is 14.9 Å². The fourth-order valence-electron chi connectivity index (χ4n) is 4.85. The molecular weight excluding hydrogens is 452 g/mol. The first-order valence-corrected chi connectivity index (χ1v) is 12.2. The van der Waals surface area contributed by atoms with E-state index in [-0.39, 0.29) is 35.7 Å². The zero-order valence-electron chi connectivity index (χ0n) is 20.3. The number of nitrogens with one attached hydrogen (secondary N) is 1. The highest BCUT2D eigenvalue weighted by Crippen LogP contribution is 2.52. The number of amides is 1. The molecule has 1 aliphatic carbocycles. The van der Waals surface area contributed by atoms with E-state index in [0.717, 1.165) is 12.0 Å². The van der Waals surface area contributed by atoms with E-state index in [2.05, 4.69) is 41.8 Å². The molecule has 1 saturated carbocycles. The highest BCUT2D eigenvalue weighted by atomic mass is 19.3. The monoisotopic (exact) mass is 485 g/mol. The lowest BCUT2D eigenvalue weighted by Gasteiger charge is -2.39. The molecule has 1 aromatic rings. The molecule has 4 rings (SSSR count). The van der Waals surface area contributed by atoms with Crippen LogP contribution in [0.4, 0.5) is 8.78 Å². The average Bonchev–Trinajstić information content (AvgIpc) is 3.58. The van der Waals surface area contributed by atoms with E-state index in [9.17, 15) is 13.6 Å². The number of fused-ring (bicyclic) bond motifs is 1. The molecule has 3 aliphatic rings. The van der Waals surface area contributed by atoms with Gasteiger partial charge in [0.05, 0.1) is 17.6 Å². The number of hydrogen-bond acceptors (Lipinski definition) is 4. The number of hydrogen-bond donors (Lipinski definition) is 1. The van der Waals surface area contributed by atoms with E-state index in [0.29, 0.717) is 37.2 Å². The van der Waals surface area contributed by atoms with Gasteiger partial charge in [0.1, 0.15) is 0 Å². The number of alkyl halides is 2. The van der Waals surface area contributed by atoms with Gasteiger partial charge in [0.25, 0.3) is 0 Å². The van der Waals surface area contributed by atoms with Crippen molar-refractivity contribution in [1.29, 1.82) is 0 Å². The number of carbonyl (C=O) groups excluding carboxylic acids is 1. The van der Waals surface area contributed by atoms with Gasteiger partial charge >= 0.3 is 6.29 Å². The van der Waals surface area contributed by atoms with Gasteiger partial charge in [0.15, 0.2) is 11.5 Å². The predicted octanol–water partition coefficient (Wildman–Crippen LogP) is 5.97. The Morgan fingerprint density at radius 2 is 1.94 bits per heavy atom. The summed E-state index contributed by atoms with van der Waals surface area (Å²) in [5.41, 5.74) is 0.904. The highest BCUT2D eigenvalue weighted by molar-refractivity contribution is 5.91. The second-order valence-corrected chi connectivity index (χ2v) is 9.60. The molecule has 2 unspecified atom stereocenters. The Hall–Kier alpha value is -2.93. The van der Waals surface area contributed by atoms with Crippen molar-refractivity contribution < 1.29 is 27.8 Å². The number of allylic oxidation sites excluding steroid dienone is 4. The lowest BCUT2D eigenvalue weighted by atomic mass is 9.87. The molecule has 5 nitrogen and oxygen atoms in total. The highest BCUT2D eigenvalue weighted by Gasteiger charge is 2.53. The van der Waals surface area contributed by atoms with Gasteiger partial charge in [-0.25, -0.2) is 0 Å². The van der Waals surface area contributed by atoms with Crippen LogP contribution in [0.15, 0.2) is 67.3 Å². The first kappa shape index (κ1) is 25.2. The fraction of sp³-hybridized carbons (Fsp3) is 0.464. The van der Waals surface area contributed by atoms with Crippen LogP contribution in [0.1, 0.15) is 51.5 Å². The summed E-state index contributed by atoms with van der Waals surface area (Å²) in [4.78, 5) is 13.5. The van der Waals surface area contributed by atoms with Crippen LogP contribution in [0.25, 0.3) is 0 Å². The summed E-state index contributed by atoms with van der Waals surface area (Å²) in [6.45, 7) is 11.9. The van der Waals surface area contributed by atoms with Crippen LogP contribution in [-0.4, -0.2) is 30.5 Å². The van der Waals surface area contributed by atoms with Gasteiger partial charge in [0, 0.05) is 6.04 Å². The summed E-state index contributed by atoms with van der Waals surface area (Å²) in [6.07, 6.45) is 8.93. The first-order valence-electron chi connectivity index (χ1n) is 12.2. The Balaban J connectivity index is 1.52. The lowest BCUT2D eigenvalue weighted by molar-refractivity contribution is -0.286. The van der Waals surface area contributed by atoms with Gasteiger partial charge in [0.2, 0.25) is 5.91 Å². The molecule has 2 fully saturated rings. The van der Waals surface area contributed by atoms with Gasteiger partial charge in [-0.05, 0) is 54.9 Å². The zero-order valence-corrected chi connectivity index (χ0v) is 20.3. The Morgan fingerprint density at radius 3 is 2.60 bits per heavy atom. The normalized spacial score (nSPS) is 27.3. The van der Waals surface area contributed by atoms with E-state index in [1.807, 2.05) is 18.2 Å². The van der Waals surface area contributed by atoms with Crippen LogP contribution in [0.3, 0.4) is 0 Å². The third-order valence-corrected chi connectivity index (χ3v) is 7.21. The maximum Gasteiger partial charge on any atom is 0.586 e. The quantitative estimate of drug-likeness (QED) is 0.438. The molecular formula is C28H33F2NO4. The van der Waals surface area contributed by atoms with Gasteiger partial charge < -0.3 is 19.5 Å². The maximum absolute atomic E-state index is 13.5. The second-order valence-electron chi connectivity index (χ2n) is 9.60. The molecule has 0 bridgehead atoms. The van der Waals surface area contributed by atoms with Crippen molar-refractivity contribution in [2.45, 2.75) is 75.9 Å². The van der Waals surface area contributed by atoms with Gasteiger partial charge in [-0.2, -0.15) is 0 Å². The molecule has 0 aromatic heterocycles. The summed E-state index contributed by atoms with van der Waals surface area (Å²) >= 11 is 0. The van der Waals surface area contributed by atoms with Crippen molar-refractivity contribution in [3.8, 4) is 11.5 Å². The van der Waals surface area contributed by atoms with Crippen LogP contribution in [0.2, 0.25) is 0 Å². The third-order valence-electron chi connectivity index (χ3n) is 7.21. The van der Waals surface area contributed by atoms with E-state index in [4.69, 9.17) is 4.74 Å². The lowest BCUT2D eigenvalue weighted by Crippen LogP contribution is -2.49. The molecule has 0 spiro atoms. The van der Waals surface area contributed by atoms with Crippen molar-refractivity contribution in [3.05, 3.63) is 72.9 Å². The summed E-state index contributed by atoms with van der Waals surface area (Å²) < 4.78 is 42.5. The van der Waals surface area contributed by atoms with Gasteiger partial charge in [-0.3, -0.25) is 4.79 Å². The Bertz CT molecular complexity index is 1040. The topological polar surface area (TPSA) is 56.8 Å². The van der Waals surface area contributed by atoms with Crippen LogP contribution >= 0.6 is 0 Å². The summed E-state index contributed by atoms with van der Waals surface area (Å²) in [5, 5.41) is 3.26. The van der Waals surface area contributed by atoms with E-state index < -0.39 is 11.7 Å². The summed E-state index contributed by atoms with van der Waals surface area (Å²) in [5.74, 6) is 0.180. The smallest absolute Gasteiger partial charge is 0.395 e. The molecule has 188 valence electrons. The average molecular weight is 486 g/mol.